The topological polar surface area (TPSA) is 75.6 Å². The average molecular weight is 539 g/mol. The third-order valence-electron chi connectivity index (χ3n) is 7.66. The number of ether oxygens (including phenoxy) is 1. The molecule has 7 nitrogen and oxygen atoms in total. The molecule has 1 saturated carbocycles. The van der Waals surface area contributed by atoms with E-state index < -0.39 is 0 Å². The van der Waals surface area contributed by atoms with E-state index in [4.69, 9.17) is 4.74 Å². The van der Waals surface area contributed by atoms with Gasteiger partial charge in [0, 0.05) is 29.3 Å². The van der Waals surface area contributed by atoms with Gasteiger partial charge >= 0.3 is 12.0 Å². The molecule has 0 bridgehead atoms. The van der Waals surface area contributed by atoms with Crippen molar-refractivity contribution in [1.29, 1.82) is 0 Å². The third kappa shape index (κ3) is 5.83. The number of nitrogens with one attached hydrogen (secondary N) is 2. The van der Waals surface area contributed by atoms with Crippen molar-refractivity contribution in [1.82, 2.24) is 4.57 Å². The molecule has 0 unspecified atom stereocenters. The number of amides is 2. The van der Waals surface area contributed by atoms with Gasteiger partial charge in [-0.3, -0.25) is 0 Å². The van der Waals surface area contributed by atoms with E-state index in [1.165, 1.54) is 19.3 Å². The van der Waals surface area contributed by atoms with Gasteiger partial charge in [0.05, 0.1) is 23.5 Å². The maximum absolute atomic E-state index is 13.3. The molecule has 1 fully saturated rings. The number of hydrogen-bond acceptors (Lipinski definition) is 4. The van der Waals surface area contributed by atoms with E-state index in [9.17, 15) is 9.59 Å². The number of carbonyl (C=O) groups excluding carboxylic acids is 2. The van der Waals surface area contributed by atoms with Crippen molar-refractivity contribution in [3.63, 3.8) is 0 Å². The van der Waals surface area contributed by atoms with E-state index in [0.717, 1.165) is 52.9 Å². The summed E-state index contributed by atoms with van der Waals surface area (Å²) in [4.78, 5) is 28.7. The van der Waals surface area contributed by atoms with Gasteiger partial charge in [0.2, 0.25) is 0 Å². The average Bonchev–Trinajstić information content (AvgIpc) is 3.36. The second-order valence-electron chi connectivity index (χ2n) is 10.4. The highest BCUT2D eigenvalue weighted by Crippen LogP contribution is 2.36. The van der Waals surface area contributed by atoms with Crippen LogP contribution >= 0.6 is 0 Å². The first-order chi connectivity index (χ1) is 19.5. The number of aromatic nitrogens is 1. The van der Waals surface area contributed by atoms with E-state index in [2.05, 4.69) is 28.5 Å². The molecule has 3 aromatic carbocycles. The second kappa shape index (κ2) is 12.3. The molecular weight excluding hydrogens is 500 g/mol. The van der Waals surface area contributed by atoms with Crippen LogP contribution in [-0.2, 0) is 4.74 Å². The Morgan fingerprint density at radius 1 is 0.925 bits per heavy atom. The van der Waals surface area contributed by atoms with E-state index >= 15 is 0 Å². The van der Waals surface area contributed by atoms with Gasteiger partial charge in [-0.05, 0) is 76.1 Å². The zero-order chi connectivity index (χ0) is 28.1. The second-order valence-corrected chi connectivity index (χ2v) is 10.4. The molecule has 40 heavy (non-hydrogen) atoms. The highest BCUT2D eigenvalue weighted by Gasteiger charge is 2.24. The fourth-order valence-corrected chi connectivity index (χ4v) is 5.74. The van der Waals surface area contributed by atoms with Crippen LogP contribution in [0.2, 0.25) is 0 Å². The summed E-state index contributed by atoms with van der Waals surface area (Å²) < 4.78 is 7.31. The molecule has 0 spiro atoms. The molecular formula is C33H38N4O3. The lowest BCUT2D eigenvalue weighted by Gasteiger charge is -2.36. The highest BCUT2D eigenvalue weighted by atomic mass is 16.5. The fraction of sp³-hybridized carbons (Fsp3) is 0.333. The summed E-state index contributed by atoms with van der Waals surface area (Å²) in [5.74, 6) is -0.383. The number of urea groups is 1. The van der Waals surface area contributed by atoms with Crippen LogP contribution in [0.4, 0.5) is 21.9 Å². The monoisotopic (exact) mass is 538 g/mol. The van der Waals surface area contributed by atoms with E-state index in [1.807, 2.05) is 78.2 Å². The van der Waals surface area contributed by atoms with Gasteiger partial charge in [0.1, 0.15) is 5.69 Å². The third-order valence-corrected chi connectivity index (χ3v) is 7.66. The van der Waals surface area contributed by atoms with Crippen molar-refractivity contribution >= 4 is 40.0 Å². The summed E-state index contributed by atoms with van der Waals surface area (Å²) in [6.07, 6.45) is 5.98. The van der Waals surface area contributed by atoms with Crippen molar-refractivity contribution < 1.29 is 14.3 Å². The minimum atomic E-state index is -0.383. The number of nitrogens with zero attached hydrogens (tertiary/aromatic N) is 2. The number of para-hydroxylation sites is 1. The molecule has 0 radical (unpaired) electrons. The van der Waals surface area contributed by atoms with Crippen molar-refractivity contribution in [2.75, 3.05) is 28.7 Å². The van der Waals surface area contributed by atoms with Crippen molar-refractivity contribution in [3.05, 3.63) is 84.1 Å². The molecule has 2 N–H and O–H groups in total. The van der Waals surface area contributed by atoms with Crippen LogP contribution in [0.15, 0.2) is 72.8 Å². The van der Waals surface area contributed by atoms with E-state index in [-0.39, 0.29) is 18.6 Å². The van der Waals surface area contributed by atoms with Crippen LogP contribution in [0, 0.1) is 6.92 Å². The summed E-state index contributed by atoms with van der Waals surface area (Å²) in [7, 11) is 0. The van der Waals surface area contributed by atoms with Crippen LogP contribution in [-0.4, -0.2) is 35.8 Å². The maximum Gasteiger partial charge on any atom is 0.355 e. The van der Waals surface area contributed by atoms with Gasteiger partial charge in [0.15, 0.2) is 0 Å². The molecule has 0 aliphatic heterocycles. The zero-order valence-corrected chi connectivity index (χ0v) is 23.6. The predicted molar refractivity (Wildman–Crippen MR) is 163 cm³/mol. The number of rotatable bonds is 8. The molecule has 0 atom stereocenters. The summed E-state index contributed by atoms with van der Waals surface area (Å²) in [5, 5.41) is 7.04. The van der Waals surface area contributed by atoms with Gasteiger partial charge in [0.25, 0.3) is 0 Å². The molecule has 7 heteroatoms. The molecule has 208 valence electrons. The molecule has 5 rings (SSSR count). The Kier molecular flexibility index (Phi) is 8.39. The highest BCUT2D eigenvalue weighted by molar-refractivity contribution is 6.03. The van der Waals surface area contributed by atoms with Crippen LogP contribution in [0.3, 0.4) is 0 Å². The number of hydrogen-bond donors (Lipinski definition) is 2. The Hall–Kier alpha value is -4.26. The number of fused-ring (bicyclic) bond motifs is 1. The number of anilines is 3. The lowest BCUT2D eigenvalue weighted by molar-refractivity contribution is 0.0517. The molecule has 1 aromatic heterocycles. The number of carbonyl (C=O) groups is 2. The predicted octanol–water partition coefficient (Wildman–Crippen LogP) is 7.92. The standard InChI is InChI=1S/C33H38N4O3/c1-4-36(26-12-7-6-8-13-26)30-20-19-27(22-28(30)35-33(39)34-25-17-15-23(3)16-18-25)37-29-14-10-9-11-24(29)21-31(37)32(38)40-5-2/h9-11,14-22,26H,4-8,12-13H2,1-3H3,(H2,34,35,39). The lowest BCUT2D eigenvalue weighted by atomic mass is 9.93. The van der Waals surface area contributed by atoms with Crippen LogP contribution in [0.25, 0.3) is 16.6 Å². The van der Waals surface area contributed by atoms with E-state index in [0.29, 0.717) is 17.4 Å². The van der Waals surface area contributed by atoms with Crippen molar-refractivity contribution in [2.24, 2.45) is 0 Å². The molecule has 0 saturated heterocycles. The molecule has 1 aliphatic rings. The van der Waals surface area contributed by atoms with Crippen LogP contribution in [0.1, 0.15) is 62.0 Å². The van der Waals surface area contributed by atoms with Gasteiger partial charge in [-0.25, -0.2) is 9.59 Å². The quantitative estimate of drug-likeness (QED) is 0.224. The number of aryl methyl sites for hydroxylation is 1. The normalized spacial score (nSPS) is 13.7. The zero-order valence-electron chi connectivity index (χ0n) is 23.6. The molecule has 4 aromatic rings. The first kappa shape index (κ1) is 27.3. The Morgan fingerprint density at radius 3 is 2.40 bits per heavy atom. The van der Waals surface area contributed by atoms with Gasteiger partial charge in [-0.2, -0.15) is 0 Å². The first-order valence-electron chi connectivity index (χ1n) is 14.3. The minimum Gasteiger partial charge on any atom is -0.461 e. The Balaban J connectivity index is 1.58. The number of benzene rings is 3. The molecule has 1 aliphatic carbocycles. The Labute approximate surface area is 236 Å². The SMILES string of the molecule is CCOC(=O)c1cc2ccccc2n1-c1ccc(N(CC)C2CCCCC2)c(NC(=O)Nc2ccc(C)cc2)c1. The van der Waals surface area contributed by atoms with Crippen molar-refractivity contribution in [3.8, 4) is 5.69 Å². The minimum absolute atomic E-state index is 0.290. The fourth-order valence-electron chi connectivity index (χ4n) is 5.74. The Bertz CT molecular complexity index is 1490. The largest absolute Gasteiger partial charge is 0.461 e. The van der Waals surface area contributed by atoms with Gasteiger partial charge < -0.3 is 24.8 Å². The van der Waals surface area contributed by atoms with Gasteiger partial charge in [-0.1, -0.05) is 55.2 Å². The maximum atomic E-state index is 13.3. The smallest absolute Gasteiger partial charge is 0.355 e. The first-order valence-corrected chi connectivity index (χ1v) is 14.3. The molecule has 2 amide bonds. The summed E-state index contributed by atoms with van der Waals surface area (Å²) in [6.45, 7) is 7.11. The van der Waals surface area contributed by atoms with E-state index in [1.54, 1.807) is 6.92 Å². The lowest BCUT2D eigenvalue weighted by Crippen LogP contribution is -2.37. The Morgan fingerprint density at radius 2 is 1.68 bits per heavy atom. The summed E-state index contributed by atoms with van der Waals surface area (Å²) >= 11 is 0. The summed E-state index contributed by atoms with van der Waals surface area (Å²) in [5.41, 5.74) is 5.65. The van der Waals surface area contributed by atoms with Gasteiger partial charge in [-0.15, -0.1) is 0 Å². The molecule has 1 heterocycles. The number of esters is 1. The van der Waals surface area contributed by atoms with Crippen LogP contribution in [0.5, 0.6) is 0 Å². The van der Waals surface area contributed by atoms with Crippen molar-refractivity contribution in [2.45, 2.75) is 58.9 Å². The summed E-state index contributed by atoms with van der Waals surface area (Å²) in [6, 6.07) is 23.6. The van der Waals surface area contributed by atoms with Crippen LogP contribution < -0.4 is 15.5 Å².